The summed E-state index contributed by atoms with van der Waals surface area (Å²) in [7, 11) is 0. The van der Waals surface area contributed by atoms with Gasteiger partial charge in [0.2, 0.25) is 0 Å². The van der Waals surface area contributed by atoms with Crippen LogP contribution in [0.3, 0.4) is 0 Å². The Kier molecular flexibility index (Phi) is 2.19. The van der Waals surface area contributed by atoms with Crippen LogP contribution in [0.1, 0.15) is 0 Å². The first kappa shape index (κ1) is 8.69. The Labute approximate surface area is 53.4 Å². The number of halogens is 1. The Morgan fingerprint density at radius 1 is 1.40 bits per heavy atom. The first-order chi connectivity index (χ1) is 4.36. The first-order valence-corrected chi connectivity index (χ1v) is 2.02. The molecule has 0 aromatic heterocycles. The van der Waals surface area contributed by atoms with Gasteiger partial charge in [-0.1, -0.05) is 0 Å². The molecule has 57 valence electrons. The number of rotatable bonds is 3. The van der Waals surface area contributed by atoms with Gasteiger partial charge in [-0.25, -0.2) is 0 Å². The predicted molar refractivity (Wildman–Crippen MR) is 23.4 cm³/mol. The third-order valence-corrected chi connectivity index (χ3v) is 0.597. The van der Waals surface area contributed by atoms with Gasteiger partial charge in [0.05, 0.1) is 0 Å². The molecule has 0 aromatic carbocycles. The summed E-state index contributed by atoms with van der Waals surface area (Å²) in [6, 6.07) is 0. The number of hydrogen-bond donors (Lipinski definition) is 0. The van der Waals surface area contributed by atoms with Crippen molar-refractivity contribution < 1.29 is 19.3 Å². The van der Waals surface area contributed by atoms with Gasteiger partial charge < -0.3 is 0 Å². The Morgan fingerprint density at radius 3 is 1.90 bits per heavy atom. The van der Waals surface area contributed by atoms with E-state index in [-0.39, 0.29) is 0 Å². The maximum Gasteiger partial charge on any atom is 0.567 e. The van der Waals surface area contributed by atoms with Crippen LogP contribution in [-0.4, -0.2) is 22.4 Å². The molecular weight excluding hydrogens is 151 g/mol. The van der Waals surface area contributed by atoms with E-state index in [2.05, 4.69) is 0 Å². The van der Waals surface area contributed by atoms with Gasteiger partial charge in [-0.15, -0.1) is 9.50 Å². The van der Waals surface area contributed by atoms with Crippen LogP contribution in [0.25, 0.3) is 0 Å². The quantitative estimate of drug-likeness (QED) is 0.238. The van der Waals surface area contributed by atoms with Crippen LogP contribution in [0.2, 0.25) is 0 Å². The summed E-state index contributed by atoms with van der Waals surface area (Å²) in [5.74, 6) is -4.20. The topological polar surface area (TPSA) is 106 Å². The number of nitrogens with zero attached hydrogens (tertiary/aromatic N) is 2. The van der Waals surface area contributed by atoms with E-state index in [1.807, 2.05) is 0 Å². The monoisotopic (exact) mass is 153 g/mol. The molecule has 0 bridgehead atoms. The Hall–Kier alpha value is -1.31. The van der Waals surface area contributed by atoms with Crippen molar-refractivity contribution >= 4 is 0 Å². The minimum atomic E-state index is -4.20. The van der Waals surface area contributed by atoms with E-state index in [1.165, 1.54) is 0 Å². The van der Waals surface area contributed by atoms with E-state index in [1.54, 1.807) is 0 Å². The summed E-state index contributed by atoms with van der Waals surface area (Å²) in [6.45, 7) is -1.86. The number of nitro groups is 2. The summed E-state index contributed by atoms with van der Waals surface area (Å²) < 4.78 is 11.8. The van der Waals surface area contributed by atoms with Crippen LogP contribution in [-0.2, 0) is 5.11 Å². The van der Waals surface area contributed by atoms with Crippen LogP contribution in [0.4, 0.5) is 4.39 Å². The van der Waals surface area contributed by atoms with E-state index in [9.17, 15) is 29.7 Å². The Morgan fingerprint density at radius 2 is 1.80 bits per heavy atom. The molecule has 0 amide bonds. The van der Waals surface area contributed by atoms with E-state index >= 15 is 0 Å². The second-order valence-corrected chi connectivity index (χ2v) is 1.44. The molecule has 0 aromatic rings. The van der Waals surface area contributed by atoms with Crippen molar-refractivity contribution in [2.45, 2.75) is 5.98 Å². The smallest absolute Gasteiger partial charge is 0.264 e. The fraction of sp³-hybridized carbons (Fsp3) is 1.00. The van der Waals surface area contributed by atoms with Crippen molar-refractivity contribution in [1.82, 2.24) is 0 Å². The molecule has 0 fully saturated rings. The molecule has 8 heteroatoms. The largest absolute Gasteiger partial charge is 0.567 e. The average Bonchev–Trinajstić information content (AvgIpc) is 1.60. The fourth-order valence-corrected chi connectivity index (χ4v) is 0.217. The normalized spacial score (nSPS) is 15.8. The molecule has 0 rings (SSSR count). The minimum Gasteiger partial charge on any atom is -0.264 e. The molecule has 0 N–H and O–H groups in total. The van der Waals surface area contributed by atoms with Gasteiger partial charge in [-0.05, 0) is 0 Å². The summed E-state index contributed by atoms with van der Waals surface area (Å²) in [4.78, 5) is 15.5. The van der Waals surface area contributed by atoms with Crippen molar-refractivity contribution in [2.24, 2.45) is 0 Å². The molecule has 7 nitrogen and oxygen atoms in total. The second-order valence-electron chi connectivity index (χ2n) is 1.44. The average molecular weight is 153 g/mol. The molecule has 1 radical (unpaired) electrons. The molecule has 1 atom stereocenters. The second kappa shape index (κ2) is 2.52. The van der Waals surface area contributed by atoms with Crippen LogP contribution in [0.15, 0.2) is 0 Å². The molecular formula is C2H2FN2O5. The minimum absolute atomic E-state index is 1.38. The molecule has 0 saturated heterocycles. The zero-order chi connectivity index (χ0) is 8.36. The zero-order valence-electron chi connectivity index (χ0n) is 4.52. The van der Waals surface area contributed by atoms with Gasteiger partial charge in [-0.2, -0.15) is 0 Å². The lowest BCUT2D eigenvalue weighted by molar-refractivity contribution is -0.716. The Balaban J connectivity index is 4.13. The van der Waals surface area contributed by atoms with E-state index in [0.29, 0.717) is 0 Å². The third-order valence-electron chi connectivity index (χ3n) is 0.597. The molecule has 0 aliphatic carbocycles. The van der Waals surface area contributed by atoms with Crippen LogP contribution in [0, 0.1) is 20.2 Å². The highest BCUT2D eigenvalue weighted by atomic mass is 19.2. The van der Waals surface area contributed by atoms with Gasteiger partial charge in [0.15, 0.2) is 0 Å². The van der Waals surface area contributed by atoms with E-state index in [0.717, 1.165) is 0 Å². The van der Waals surface area contributed by atoms with E-state index < -0.39 is 22.4 Å². The molecule has 0 heterocycles. The standard InChI is InChI=1S/C2H2FN2O5/c3-2(6,5(9)10)1-4(7)8/h1H2. The van der Waals surface area contributed by atoms with Crippen LogP contribution >= 0.6 is 0 Å². The zero-order valence-corrected chi connectivity index (χ0v) is 4.52. The lowest BCUT2D eigenvalue weighted by Crippen LogP contribution is -2.38. The third kappa shape index (κ3) is 2.31. The highest BCUT2D eigenvalue weighted by molar-refractivity contribution is 4.43. The van der Waals surface area contributed by atoms with Crippen molar-refractivity contribution in [3.63, 3.8) is 0 Å². The molecule has 0 saturated carbocycles. The lowest BCUT2D eigenvalue weighted by Gasteiger charge is -1.99. The number of alkyl halides is 1. The maximum atomic E-state index is 11.8. The lowest BCUT2D eigenvalue weighted by atomic mass is 10.5. The summed E-state index contributed by atoms with van der Waals surface area (Å²) in [5.41, 5.74) is 0. The predicted octanol–water partition coefficient (Wildman–Crippen LogP) is -0.406. The molecule has 1 unspecified atom stereocenters. The van der Waals surface area contributed by atoms with Crippen LogP contribution < -0.4 is 0 Å². The van der Waals surface area contributed by atoms with Crippen molar-refractivity contribution in [3.05, 3.63) is 20.2 Å². The molecule has 0 aliphatic rings. The van der Waals surface area contributed by atoms with Gasteiger partial charge in [0, 0.05) is 4.92 Å². The maximum absolute atomic E-state index is 11.8. The molecule has 10 heavy (non-hydrogen) atoms. The molecule has 0 aliphatic heterocycles. The SMILES string of the molecule is [O]C(F)(C[N+](=O)[O-])[N+](=O)[O-]. The highest BCUT2D eigenvalue weighted by Crippen LogP contribution is 2.07. The van der Waals surface area contributed by atoms with Gasteiger partial charge in [0.25, 0.3) is 0 Å². The molecule has 0 spiro atoms. The van der Waals surface area contributed by atoms with Gasteiger partial charge in [-0.3, -0.25) is 20.2 Å². The van der Waals surface area contributed by atoms with Crippen molar-refractivity contribution in [3.8, 4) is 0 Å². The summed E-state index contributed by atoms with van der Waals surface area (Å²) in [5, 5.41) is 28.6. The van der Waals surface area contributed by atoms with Crippen molar-refractivity contribution in [1.29, 1.82) is 0 Å². The summed E-state index contributed by atoms with van der Waals surface area (Å²) >= 11 is 0. The first-order valence-electron chi connectivity index (χ1n) is 2.02. The van der Waals surface area contributed by atoms with E-state index in [4.69, 9.17) is 0 Å². The van der Waals surface area contributed by atoms with Gasteiger partial charge in [0.1, 0.15) is 4.92 Å². The van der Waals surface area contributed by atoms with Crippen molar-refractivity contribution in [2.75, 3.05) is 6.54 Å². The highest BCUT2D eigenvalue weighted by Gasteiger charge is 2.49. The van der Waals surface area contributed by atoms with Crippen LogP contribution in [0.5, 0.6) is 0 Å². The summed E-state index contributed by atoms with van der Waals surface area (Å²) in [6.07, 6.45) is 0. The Bertz CT molecular complexity index is 167. The number of hydrogen-bond acceptors (Lipinski definition) is 4. The van der Waals surface area contributed by atoms with Gasteiger partial charge >= 0.3 is 12.5 Å². The fourth-order valence-electron chi connectivity index (χ4n) is 0.217.